The second kappa shape index (κ2) is 30.5. The molecule has 0 bridgehead atoms. The van der Waals surface area contributed by atoms with Crippen molar-refractivity contribution in [2.75, 3.05) is 25.4 Å². The van der Waals surface area contributed by atoms with E-state index in [1.54, 1.807) is 90.3 Å². The third-order valence-electron chi connectivity index (χ3n) is 15.2. The summed E-state index contributed by atoms with van der Waals surface area (Å²) < 4.78 is 0. The Balaban J connectivity index is 0.899. The fraction of sp³-hybridized carbons (Fsp3) is 0.153. The van der Waals surface area contributed by atoms with Crippen molar-refractivity contribution in [2.24, 2.45) is 31.8 Å². The molecule has 4 aromatic carbocycles. The number of carbonyl (C=O) groups excluding carboxylic acids is 4. The van der Waals surface area contributed by atoms with E-state index in [1.807, 2.05) is 194 Å². The zero-order valence-electron chi connectivity index (χ0n) is 49.8. The molecule has 1 radical (unpaired) electrons. The van der Waals surface area contributed by atoms with Crippen LogP contribution >= 0.6 is 43.2 Å². The number of carbonyl (C=O) groups is 4. The first-order chi connectivity index (χ1) is 45.3. The van der Waals surface area contributed by atoms with Gasteiger partial charge in [-0.2, -0.15) is 0 Å². The maximum Gasteiger partial charge on any atom is 0.283 e. The van der Waals surface area contributed by atoms with Gasteiger partial charge in [-0.15, -0.1) is 0 Å². The Bertz CT molecular complexity index is 4180. The number of benzene rings is 4. The zero-order chi connectivity index (χ0) is 63.0. The Hall–Kier alpha value is -9.60. The number of rotatable bonds is 24. The average molecular weight is 1290 g/mol. The molecule has 3 atom stereocenters. The van der Waals surface area contributed by atoms with Crippen LogP contribution < -0.4 is 19.6 Å². The van der Waals surface area contributed by atoms with E-state index < -0.39 is 0 Å². The summed E-state index contributed by atoms with van der Waals surface area (Å²) in [6.07, 6.45) is 18.3. The van der Waals surface area contributed by atoms with Gasteiger partial charge in [-0.1, -0.05) is 151 Å². The SMILES string of the molecule is [CH2]CCCC(C1=N/C(=C\c2ccccn2)C(=O)N1c1ccccc1)C(CCCCC(CSSC1=NC(=Cc2ccccn2)C(=O)N1c1ccccc1)C1=NC(=Cc2ccccn2)C(=O)N1c1ccccc1)SSC1=N/C(=C\c2ccccn2)C(=O)N1c1ccccc1. The molecule has 16 nitrogen and oxygen atoms in total. The minimum absolute atomic E-state index is 0.226. The molecule has 4 amide bonds. The summed E-state index contributed by atoms with van der Waals surface area (Å²) in [5, 5.41) is 0.755. The van der Waals surface area contributed by atoms with E-state index >= 15 is 0 Å². The van der Waals surface area contributed by atoms with Crippen molar-refractivity contribution in [2.45, 2.75) is 50.2 Å². The van der Waals surface area contributed by atoms with Crippen LogP contribution in [0.25, 0.3) is 24.3 Å². The molecule has 0 aliphatic carbocycles. The summed E-state index contributed by atoms with van der Waals surface area (Å²) in [7, 11) is 5.98. The van der Waals surface area contributed by atoms with Crippen LogP contribution in [0.5, 0.6) is 0 Å². The van der Waals surface area contributed by atoms with Gasteiger partial charge < -0.3 is 0 Å². The third kappa shape index (κ3) is 14.9. The van der Waals surface area contributed by atoms with Crippen LogP contribution in [0.1, 0.15) is 67.7 Å². The summed E-state index contributed by atoms with van der Waals surface area (Å²) in [5.74, 6) is -0.0291. The van der Waals surface area contributed by atoms with E-state index in [0.717, 1.165) is 6.42 Å². The molecule has 0 N–H and O–H groups in total. The quantitative estimate of drug-likeness (QED) is 0.0318. The molecule has 20 heteroatoms. The molecule has 0 spiro atoms. The van der Waals surface area contributed by atoms with Crippen molar-refractivity contribution in [3.05, 3.63) is 271 Å². The maximum absolute atomic E-state index is 15.0. The number of pyridine rings is 4. The second-order valence-corrected chi connectivity index (χ2v) is 26.2. The predicted octanol–water partition coefficient (Wildman–Crippen LogP) is 15.4. The number of aromatic nitrogens is 4. The highest BCUT2D eigenvalue weighted by Crippen LogP contribution is 2.45. The number of hydrogen-bond acceptors (Lipinski definition) is 16. The first-order valence-corrected chi connectivity index (χ1v) is 34.7. The molecule has 12 rings (SSSR count). The molecule has 0 saturated heterocycles. The zero-order valence-corrected chi connectivity index (χ0v) is 53.1. The molecule has 92 heavy (non-hydrogen) atoms. The number of unbranched alkanes of at least 4 members (excludes halogenated alkanes) is 2. The smallest absolute Gasteiger partial charge is 0.266 e. The van der Waals surface area contributed by atoms with Gasteiger partial charge in [0.05, 0.1) is 45.5 Å². The van der Waals surface area contributed by atoms with E-state index in [2.05, 4.69) is 26.9 Å². The van der Waals surface area contributed by atoms with Crippen LogP contribution in [0.15, 0.2) is 262 Å². The molecule has 0 fully saturated rings. The molecule has 3 unspecified atom stereocenters. The first-order valence-electron chi connectivity index (χ1n) is 30.1. The Morgan fingerprint density at radius 2 is 0.739 bits per heavy atom. The number of amidine groups is 4. The highest BCUT2D eigenvalue weighted by Gasteiger charge is 2.42. The van der Waals surface area contributed by atoms with E-state index in [-0.39, 0.29) is 63.5 Å². The van der Waals surface area contributed by atoms with Gasteiger partial charge in [-0.3, -0.25) is 58.7 Å². The topological polar surface area (TPSA) is 182 Å². The number of hydrogen-bond donors (Lipinski definition) is 0. The summed E-state index contributed by atoms with van der Waals surface area (Å²) in [5.41, 5.74) is 6.18. The summed E-state index contributed by atoms with van der Waals surface area (Å²) >= 11 is 0. The van der Waals surface area contributed by atoms with Crippen LogP contribution in [0, 0.1) is 18.8 Å². The Kier molecular flexibility index (Phi) is 20.7. The fourth-order valence-corrected chi connectivity index (χ4v) is 16.1. The highest BCUT2D eigenvalue weighted by molar-refractivity contribution is 8.82. The minimum Gasteiger partial charge on any atom is -0.266 e. The van der Waals surface area contributed by atoms with Gasteiger partial charge in [0.15, 0.2) is 10.3 Å². The highest BCUT2D eigenvalue weighted by atomic mass is 33.1. The average Bonchev–Trinajstić information content (AvgIpc) is 1.85. The number of para-hydroxylation sites is 4. The van der Waals surface area contributed by atoms with Crippen LogP contribution in [0.4, 0.5) is 22.7 Å². The third-order valence-corrected chi connectivity index (χ3v) is 20.3. The molecule has 4 aliphatic rings. The lowest BCUT2D eigenvalue weighted by atomic mass is 9.91. The second-order valence-electron chi connectivity index (χ2n) is 21.4. The van der Waals surface area contributed by atoms with Crippen molar-refractivity contribution < 1.29 is 19.2 Å². The van der Waals surface area contributed by atoms with Crippen molar-refractivity contribution in [1.82, 2.24) is 19.9 Å². The molecule has 8 heterocycles. The largest absolute Gasteiger partial charge is 0.283 e. The van der Waals surface area contributed by atoms with Crippen molar-refractivity contribution in [3.8, 4) is 0 Å². The van der Waals surface area contributed by atoms with Crippen molar-refractivity contribution >= 4 is 136 Å². The Morgan fingerprint density at radius 3 is 1.15 bits per heavy atom. The van der Waals surface area contributed by atoms with Gasteiger partial charge in [-0.25, -0.2) is 20.0 Å². The van der Waals surface area contributed by atoms with Crippen molar-refractivity contribution in [3.63, 3.8) is 0 Å². The molecule has 4 aromatic heterocycles. The van der Waals surface area contributed by atoms with Crippen LogP contribution in [0.3, 0.4) is 0 Å². The summed E-state index contributed by atoms with van der Waals surface area (Å²) in [6, 6.07) is 60.3. The van der Waals surface area contributed by atoms with Crippen LogP contribution in [-0.2, 0) is 19.2 Å². The standard InChI is InChI=1S/C72H61N12O4S4/c1-2-3-39-59(66-78-61(46-52-28-19-23-42-74-52)68(86)82(66)56-33-10-5-11-34-56)64(90-92-72-80-63(48-54-30-21-25-44-76-54)70(88)84(72)58-37-14-7-15-38-58)40-17-16-26-50(65-77-60(45-51-27-18-22-41-73-51)67(85)81(65)55-31-8-4-9-32-55)49-89-91-71-79-62(47-53-29-20-24-43-75-53)69(87)83(71)57-35-12-6-13-36-57/h4-15,18-25,27-38,41-48,50,59,64H,1-3,16-17,26,39-40,49H2/b60-45?,61-46-,62-47?,63-48-. The number of nitrogens with zero attached hydrogens (tertiary/aromatic N) is 12. The fourth-order valence-electron chi connectivity index (χ4n) is 10.8. The van der Waals surface area contributed by atoms with E-state index in [0.29, 0.717) is 112 Å². The van der Waals surface area contributed by atoms with Gasteiger partial charge >= 0.3 is 0 Å². The van der Waals surface area contributed by atoms with Gasteiger partial charge in [0.2, 0.25) is 0 Å². The van der Waals surface area contributed by atoms with Gasteiger partial charge in [0, 0.05) is 47.6 Å². The van der Waals surface area contributed by atoms with Crippen molar-refractivity contribution in [1.29, 1.82) is 0 Å². The number of aliphatic imine (C=N–C) groups is 4. The molecule has 0 saturated carbocycles. The normalized spacial score (nSPS) is 17.7. The first kappa shape index (κ1) is 62.6. The van der Waals surface area contributed by atoms with Gasteiger partial charge in [-0.05, 0) is 162 Å². The monoisotopic (exact) mass is 1290 g/mol. The lowest BCUT2D eigenvalue weighted by Gasteiger charge is -2.31. The van der Waals surface area contributed by atoms with Gasteiger partial charge in [0.1, 0.15) is 34.5 Å². The van der Waals surface area contributed by atoms with E-state index in [9.17, 15) is 19.2 Å². The predicted molar refractivity (Wildman–Crippen MR) is 378 cm³/mol. The Labute approximate surface area is 550 Å². The number of amides is 4. The van der Waals surface area contributed by atoms with E-state index in [1.165, 1.54) is 21.6 Å². The Morgan fingerprint density at radius 1 is 0.380 bits per heavy atom. The lowest BCUT2D eigenvalue weighted by Crippen LogP contribution is -2.40. The molecule has 457 valence electrons. The molecule has 4 aliphatic heterocycles. The molecule has 8 aromatic rings. The van der Waals surface area contributed by atoms with Crippen LogP contribution in [0.2, 0.25) is 0 Å². The number of anilines is 4. The maximum atomic E-state index is 15.0. The summed E-state index contributed by atoms with van der Waals surface area (Å²) in [6.45, 7) is 4.29. The molecular weight excluding hydrogens is 1230 g/mol. The van der Waals surface area contributed by atoms with E-state index in [4.69, 9.17) is 20.0 Å². The summed E-state index contributed by atoms with van der Waals surface area (Å²) in [4.78, 5) is 104. The molecular formula is C72H61N12O4S4. The van der Waals surface area contributed by atoms with Crippen LogP contribution in [-0.4, -0.2) is 76.6 Å². The lowest BCUT2D eigenvalue weighted by molar-refractivity contribution is -0.114. The van der Waals surface area contributed by atoms with Gasteiger partial charge in [0.25, 0.3) is 23.6 Å². The minimum atomic E-state index is -0.314.